The van der Waals surface area contributed by atoms with E-state index in [1.807, 2.05) is 0 Å². The standard InChI is InChI=1S/C13H19N3O4S/c1-2-20-12(17)10-7-14-16-11(10)21(18,19)15-8-13(5-6-13)9-3-4-9/h7,9,15H,2-6,8H2,1H3,(H,14,16). The van der Waals surface area contributed by atoms with Crippen LogP contribution in [-0.2, 0) is 14.8 Å². The summed E-state index contributed by atoms with van der Waals surface area (Å²) >= 11 is 0. The quantitative estimate of drug-likeness (QED) is 0.733. The second-order valence-electron chi connectivity index (χ2n) is 5.79. The third-order valence-electron chi connectivity index (χ3n) is 4.32. The van der Waals surface area contributed by atoms with Gasteiger partial charge in [-0.2, -0.15) is 5.10 Å². The van der Waals surface area contributed by atoms with E-state index in [0.29, 0.717) is 12.5 Å². The largest absolute Gasteiger partial charge is 0.462 e. The van der Waals surface area contributed by atoms with E-state index >= 15 is 0 Å². The Kier molecular flexibility index (Phi) is 3.53. The molecule has 2 aliphatic rings. The molecule has 2 fully saturated rings. The molecule has 0 aromatic carbocycles. The Morgan fingerprint density at radius 2 is 2.24 bits per heavy atom. The number of H-pyrrole nitrogens is 1. The van der Waals surface area contributed by atoms with Crippen molar-refractivity contribution in [2.24, 2.45) is 11.3 Å². The molecule has 21 heavy (non-hydrogen) atoms. The Bertz CT molecular complexity index is 644. The Morgan fingerprint density at radius 1 is 1.52 bits per heavy atom. The first-order chi connectivity index (χ1) is 9.98. The van der Waals surface area contributed by atoms with Gasteiger partial charge in [-0.15, -0.1) is 0 Å². The summed E-state index contributed by atoms with van der Waals surface area (Å²) in [7, 11) is -3.78. The van der Waals surface area contributed by atoms with Gasteiger partial charge in [0.05, 0.1) is 12.8 Å². The summed E-state index contributed by atoms with van der Waals surface area (Å²) in [6, 6.07) is 0. The van der Waals surface area contributed by atoms with Crippen LogP contribution in [0.4, 0.5) is 0 Å². The van der Waals surface area contributed by atoms with Gasteiger partial charge in [0.15, 0.2) is 5.03 Å². The monoisotopic (exact) mass is 313 g/mol. The second kappa shape index (κ2) is 5.10. The van der Waals surface area contributed by atoms with Gasteiger partial charge in [0, 0.05) is 6.54 Å². The molecule has 1 aromatic heterocycles. The van der Waals surface area contributed by atoms with Crippen LogP contribution in [0.5, 0.6) is 0 Å². The lowest BCUT2D eigenvalue weighted by atomic mass is 10.0. The molecule has 2 N–H and O–H groups in total. The van der Waals surface area contributed by atoms with Crippen LogP contribution in [0, 0.1) is 11.3 Å². The maximum atomic E-state index is 12.4. The number of aromatic nitrogens is 2. The Labute approximate surface area is 123 Å². The van der Waals surface area contributed by atoms with E-state index in [2.05, 4.69) is 14.9 Å². The fourth-order valence-corrected chi connectivity index (χ4v) is 3.95. The number of ether oxygens (including phenoxy) is 1. The van der Waals surface area contributed by atoms with Crippen molar-refractivity contribution < 1.29 is 17.9 Å². The average Bonchev–Trinajstić information content (AvgIpc) is 3.34. The molecule has 0 spiro atoms. The number of esters is 1. The van der Waals surface area contributed by atoms with Crippen molar-refractivity contribution in [3.8, 4) is 0 Å². The maximum Gasteiger partial charge on any atom is 0.342 e. The summed E-state index contributed by atoms with van der Waals surface area (Å²) in [5.41, 5.74) is 0.0950. The predicted molar refractivity (Wildman–Crippen MR) is 74.1 cm³/mol. The van der Waals surface area contributed by atoms with Crippen molar-refractivity contribution in [3.05, 3.63) is 11.8 Å². The topological polar surface area (TPSA) is 101 Å². The van der Waals surface area contributed by atoms with E-state index in [-0.39, 0.29) is 22.6 Å². The third-order valence-corrected chi connectivity index (χ3v) is 5.69. The molecule has 0 saturated heterocycles. The van der Waals surface area contributed by atoms with Crippen LogP contribution in [0.25, 0.3) is 0 Å². The SMILES string of the molecule is CCOC(=O)c1cn[nH]c1S(=O)(=O)NCC1(C2CC2)CC1. The predicted octanol–water partition coefficient (Wildman–Crippen LogP) is 1.05. The summed E-state index contributed by atoms with van der Waals surface area (Å²) in [5.74, 6) is -0.0264. The number of nitrogens with zero attached hydrogens (tertiary/aromatic N) is 1. The third kappa shape index (κ3) is 2.82. The smallest absolute Gasteiger partial charge is 0.342 e. The summed E-state index contributed by atoms with van der Waals surface area (Å²) in [6.07, 6.45) is 5.72. The summed E-state index contributed by atoms with van der Waals surface area (Å²) in [4.78, 5) is 11.7. The Hall–Kier alpha value is -1.41. The number of rotatable bonds is 7. The maximum absolute atomic E-state index is 12.4. The van der Waals surface area contributed by atoms with Crippen molar-refractivity contribution in [3.63, 3.8) is 0 Å². The van der Waals surface area contributed by atoms with Gasteiger partial charge in [-0.25, -0.2) is 17.9 Å². The highest BCUT2D eigenvalue weighted by Crippen LogP contribution is 2.60. The lowest BCUT2D eigenvalue weighted by molar-refractivity contribution is 0.0522. The molecule has 2 saturated carbocycles. The first kappa shape index (κ1) is 14.5. The zero-order valence-corrected chi connectivity index (χ0v) is 12.7. The number of hydrogen-bond acceptors (Lipinski definition) is 5. The van der Waals surface area contributed by atoms with E-state index in [9.17, 15) is 13.2 Å². The van der Waals surface area contributed by atoms with Gasteiger partial charge in [0.25, 0.3) is 10.0 Å². The lowest BCUT2D eigenvalue weighted by Gasteiger charge is -2.14. The summed E-state index contributed by atoms with van der Waals surface area (Å²) < 4.78 is 32.2. The average molecular weight is 313 g/mol. The van der Waals surface area contributed by atoms with Crippen LogP contribution in [-0.4, -0.2) is 37.7 Å². The van der Waals surface area contributed by atoms with Gasteiger partial charge < -0.3 is 4.74 Å². The highest BCUT2D eigenvalue weighted by molar-refractivity contribution is 7.89. The molecule has 0 atom stereocenters. The molecule has 116 valence electrons. The number of aromatic amines is 1. The molecule has 1 heterocycles. The zero-order chi connectivity index (χ0) is 15.1. The zero-order valence-electron chi connectivity index (χ0n) is 11.9. The molecule has 2 aliphatic carbocycles. The minimum absolute atomic E-state index is 0.0550. The minimum Gasteiger partial charge on any atom is -0.462 e. The van der Waals surface area contributed by atoms with Gasteiger partial charge in [-0.1, -0.05) is 0 Å². The highest BCUT2D eigenvalue weighted by atomic mass is 32.2. The Balaban J connectivity index is 1.73. The van der Waals surface area contributed by atoms with Gasteiger partial charge in [-0.05, 0) is 43.9 Å². The van der Waals surface area contributed by atoms with Crippen molar-refractivity contribution in [1.82, 2.24) is 14.9 Å². The fourth-order valence-electron chi connectivity index (χ4n) is 2.73. The molecule has 1 aromatic rings. The number of hydrogen-bond donors (Lipinski definition) is 2. The van der Waals surface area contributed by atoms with E-state index in [0.717, 1.165) is 12.8 Å². The lowest BCUT2D eigenvalue weighted by Crippen LogP contribution is -2.32. The molecule has 0 unspecified atom stereocenters. The summed E-state index contributed by atoms with van der Waals surface area (Å²) in [5, 5.41) is 5.82. The molecule has 0 amide bonds. The van der Waals surface area contributed by atoms with E-state index in [4.69, 9.17) is 4.74 Å². The molecule has 8 heteroatoms. The Morgan fingerprint density at radius 3 is 2.81 bits per heavy atom. The van der Waals surface area contributed by atoms with Crippen LogP contribution in [0.1, 0.15) is 43.0 Å². The number of nitrogens with one attached hydrogen (secondary N) is 2. The molecule has 7 nitrogen and oxygen atoms in total. The molecular weight excluding hydrogens is 294 g/mol. The second-order valence-corrected chi connectivity index (χ2v) is 7.50. The van der Waals surface area contributed by atoms with Crippen molar-refractivity contribution in [2.45, 2.75) is 37.6 Å². The van der Waals surface area contributed by atoms with Crippen LogP contribution in [0.3, 0.4) is 0 Å². The minimum atomic E-state index is -3.78. The normalized spacial score (nSPS) is 20.2. The van der Waals surface area contributed by atoms with Crippen molar-refractivity contribution in [2.75, 3.05) is 13.2 Å². The molecule has 3 rings (SSSR count). The van der Waals surface area contributed by atoms with Gasteiger partial charge >= 0.3 is 5.97 Å². The first-order valence-electron chi connectivity index (χ1n) is 7.19. The number of sulfonamides is 1. The van der Waals surface area contributed by atoms with Gasteiger partial charge in [-0.3, -0.25) is 5.10 Å². The number of carbonyl (C=O) groups excluding carboxylic acids is 1. The van der Waals surface area contributed by atoms with Crippen LogP contribution in [0.2, 0.25) is 0 Å². The molecule has 0 radical (unpaired) electrons. The van der Waals surface area contributed by atoms with E-state index in [1.54, 1.807) is 6.92 Å². The molecule has 0 aliphatic heterocycles. The van der Waals surface area contributed by atoms with Crippen LogP contribution < -0.4 is 4.72 Å². The van der Waals surface area contributed by atoms with Crippen molar-refractivity contribution >= 4 is 16.0 Å². The highest BCUT2D eigenvalue weighted by Gasteiger charge is 2.53. The number of carbonyl (C=O) groups is 1. The van der Waals surface area contributed by atoms with E-state index < -0.39 is 16.0 Å². The molecule has 0 bridgehead atoms. The van der Waals surface area contributed by atoms with Gasteiger partial charge in [0.1, 0.15) is 5.56 Å². The van der Waals surface area contributed by atoms with E-state index in [1.165, 1.54) is 19.0 Å². The summed E-state index contributed by atoms with van der Waals surface area (Å²) in [6.45, 7) is 2.28. The first-order valence-corrected chi connectivity index (χ1v) is 8.67. The fraction of sp³-hybridized carbons (Fsp3) is 0.692. The van der Waals surface area contributed by atoms with Gasteiger partial charge in [0.2, 0.25) is 0 Å². The van der Waals surface area contributed by atoms with Crippen molar-refractivity contribution in [1.29, 1.82) is 0 Å². The van der Waals surface area contributed by atoms with Crippen LogP contribution >= 0.6 is 0 Å². The molecular formula is C13H19N3O4S. The van der Waals surface area contributed by atoms with Crippen LogP contribution in [0.15, 0.2) is 11.2 Å².